The van der Waals surface area contributed by atoms with Crippen LogP contribution in [0.4, 0.5) is 4.79 Å². The highest BCUT2D eigenvalue weighted by atomic mass is 16.6. The second-order valence-corrected chi connectivity index (χ2v) is 7.54. The highest BCUT2D eigenvalue weighted by molar-refractivity contribution is 5.76. The van der Waals surface area contributed by atoms with Crippen LogP contribution < -0.4 is 0 Å². The molecule has 2 rings (SSSR count). The number of amides is 2. The minimum Gasteiger partial charge on any atom is -0.444 e. The zero-order chi connectivity index (χ0) is 16.3. The maximum atomic E-state index is 12.1. The molecule has 1 aliphatic heterocycles. The molecule has 1 saturated carbocycles. The lowest BCUT2D eigenvalue weighted by molar-refractivity contribution is -0.132. The Balaban J connectivity index is 1.79. The van der Waals surface area contributed by atoms with Crippen LogP contribution in [-0.2, 0) is 9.53 Å². The quantitative estimate of drug-likeness (QED) is 0.802. The number of rotatable bonds is 4. The number of hydrogen-bond acceptors (Lipinski definition) is 3. The van der Waals surface area contributed by atoms with Crippen molar-refractivity contribution < 1.29 is 14.3 Å². The van der Waals surface area contributed by atoms with Gasteiger partial charge in [0.25, 0.3) is 0 Å². The number of nitrogens with zero attached hydrogens (tertiary/aromatic N) is 2. The molecule has 0 spiro atoms. The molecular weight excluding hydrogens is 280 g/mol. The highest BCUT2D eigenvalue weighted by Crippen LogP contribution is 2.30. The normalized spacial score (nSPS) is 19.9. The summed E-state index contributed by atoms with van der Waals surface area (Å²) in [4.78, 5) is 28.0. The minimum atomic E-state index is -0.440. The molecule has 0 unspecified atom stereocenters. The lowest BCUT2D eigenvalue weighted by Crippen LogP contribution is -2.45. The minimum absolute atomic E-state index is 0.213. The Kier molecular flexibility index (Phi) is 5.35. The summed E-state index contributed by atoms with van der Waals surface area (Å²) in [7, 11) is 0. The first-order valence-corrected chi connectivity index (χ1v) is 8.57. The summed E-state index contributed by atoms with van der Waals surface area (Å²) in [5.74, 6) is 0.784. The molecule has 22 heavy (non-hydrogen) atoms. The van der Waals surface area contributed by atoms with Gasteiger partial charge < -0.3 is 14.5 Å². The Hall–Kier alpha value is -1.26. The molecule has 5 nitrogen and oxygen atoms in total. The summed E-state index contributed by atoms with van der Waals surface area (Å²) < 4.78 is 5.42. The number of likely N-dealkylation sites (tertiary alicyclic amines) is 1. The van der Waals surface area contributed by atoms with Gasteiger partial charge in [-0.1, -0.05) is 6.92 Å². The molecule has 2 aliphatic rings. The van der Waals surface area contributed by atoms with Crippen LogP contribution in [0.5, 0.6) is 0 Å². The predicted octanol–water partition coefficient (Wildman–Crippen LogP) is 3.03. The first-order valence-electron chi connectivity index (χ1n) is 8.57. The number of carbonyl (C=O) groups excluding carboxylic acids is 2. The molecule has 0 aromatic carbocycles. The van der Waals surface area contributed by atoms with Crippen molar-refractivity contribution in [1.29, 1.82) is 0 Å². The Morgan fingerprint density at radius 2 is 1.73 bits per heavy atom. The zero-order valence-corrected chi connectivity index (χ0v) is 14.4. The van der Waals surface area contributed by atoms with E-state index < -0.39 is 5.60 Å². The van der Waals surface area contributed by atoms with E-state index >= 15 is 0 Å². The third-order valence-electron chi connectivity index (χ3n) is 4.33. The predicted molar refractivity (Wildman–Crippen MR) is 85.6 cm³/mol. The third kappa shape index (κ3) is 4.89. The molecule has 0 aromatic heterocycles. The van der Waals surface area contributed by atoms with Gasteiger partial charge in [-0.2, -0.15) is 0 Å². The van der Waals surface area contributed by atoms with Crippen molar-refractivity contribution >= 4 is 12.0 Å². The van der Waals surface area contributed by atoms with Crippen molar-refractivity contribution in [2.75, 3.05) is 19.6 Å². The molecule has 1 heterocycles. The van der Waals surface area contributed by atoms with Crippen molar-refractivity contribution in [3.63, 3.8) is 0 Å². The SMILES string of the molecule is CCC(=O)N(CC1CCN(C(=O)OC(C)(C)C)CC1)C1CC1. The molecule has 0 atom stereocenters. The first-order chi connectivity index (χ1) is 10.3. The number of piperidine rings is 1. The standard InChI is InChI=1S/C17H30N2O3/c1-5-15(20)19(14-6-7-14)12-13-8-10-18(11-9-13)16(21)22-17(2,3)4/h13-14H,5-12H2,1-4H3. The van der Waals surface area contributed by atoms with Gasteiger partial charge in [0, 0.05) is 32.1 Å². The number of hydrogen-bond donors (Lipinski definition) is 0. The molecule has 0 radical (unpaired) electrons. The molecule has 2 amide bonds. The van der Waals surface area contributed by atoms with Crippen molar-refractivity contribution in [3.05, 3.63) is 0 Å². The fourth-order valence-corrected chi connectivity index (χ4v) is 2.95. The molecule has 1 aliphatic carbocycles. The summed E-state index contributed by atoms with van der Waals surface area (Å²) in [6, 6.07) is 0.483. The van der Waals surface area contributed by atoms with Gasteiger partial charge in [0.2, 0.25) is 5.91 Å². The fourth-order valence-electron chi connectivity index (χ4n) is 2.95. The number of carbonyl (C=O) groups is 2. The van der Waals surface area contributed by atoms with E-state index in [-0.39, 0.29) is 12.0 Å². The van der Waals surface area contributed by atoms with Gasteiger partial charge in [-0.3, -0.25) is 4.79 Å². The molecule has 126 valence electrons. The van der Waals surface area contributed by atoms with E-state index in [1.165, 1.54) is 0 Å². The van der Waals surface area contributed by atoms with E-state index in [9.17, 15) is 9.59 Å². The molecule has 5 heteroatoms. The van der Waals surface area contributed by atoms with Crippen LogP contribution in [-0.4, -0.2) is 53.1 Å². The summed E-state index contributed by atoms with van der Waals surface area (Å²) in [6.07, 6.45) is 4.60. The molecule has 0 aromatic rings. The maximum absolute atomic E-state index is 12.1. The van der Waals surface area contributed by atoms with E-state index in [2.05, 4.69) is 4.90 Å². The second kappa shape index (κ2) is 6.88. The maximum Gasteiger partial charge on any atom is 0.410 e. The largest absolute Gasteiger partial charge is 0.444 e. The van der Waals surface area contributed by atoms with Crippen molar-refractivity contribution in [1.82, 2.24) is 9.80 Å². The van der Waals surface area contributed by atoms with E-state index in [0.717, 1.165) is 45.3 Å². The summed E-state index contributed by atoms with van der Waals surface area (Å²) in [6.45, 7) is 9.93. The van der Waals surface area contributed by atoms with Crippen LogP contribution in [0.2, 0.25) is 0 Å². The highest BCUT2D eigenvalue weighted by Gasteiger charge is 2.34. The van der Waals surface area contributed by atoms with Gasteiger partial charge in [0.05, 0.1) is 0 Å². The molecular formula is C17H30N2O3. The van der Waals surface area contributed by atoms with Gasteiger partial charge in [-0.25, -0.2) is 4.79 Å². The van der Waals surface area contributed by atoms with E-state index in [0.29, 0.717) is 18.4 Å². The van der Waals surface area contributed by atoms with Crippen LogP contribution in [0.15, 0.2) is 0 Å². The van der Waals surface area contributed by atoms with Crippen LogP contribution >= 0.6 is 0 Å². The monoisotopic (exact) mass is 310 g/mol. The molecule has 1 saturated heterocycles. The lowest BCUT2D eigenvalue weighted by atomic mass is 9.96. The Labute approximate surface area is 134 Å². The Bertz CT molecular complexity index is 405. The summed E-state index contributed by atoms with van der Waals surface area (Å²) >= 11 is 0. The van der Waals surface area contributed by atoms with Crippen LogP contribution in [0, 0.1) is 5.92 Å². The van der Waals surface area contributed by atoms with Gasteiger partial charge >= 0.3 is 6.09 Å². The average molecular weight is 310 g/mol. The van der Waals surface area contributed by atoms with Crippen LogP contribution in [0.25, 0.3) is 0 Å². The smallest absolute Gasteiger partial charge is 0.410 e. The lowest BCUT2D eigenvalue weighted by Gasteiger charge is -2.35. The van der Waals surface area contributed by atoms with Crippen molar-refractivity contribution in [3.8, 4) is 0 Å². The van der Waals surface area contributed by atoms with Crippen LogP contribution in [0.1, 0.15) is 59.8 Å². The van der Waals surface area contributed by atoms with Gasteiger partial charge in [0.15, 0.2) is 0 Å². The zero-order valence-electron chi connectivity index (χ0n) is 14.4. The van der Waals surface area contributed by atoms with Crippen molar-refractivity contribution in [2.45, 2.75) is 71.4 Å². The molecule has 0 N–H and O–H groups in total. The molecule has 2 fully saturated rings. The van der Waals surface area contributed by atoms with Crippen LogP contribution in [0.3, 0.4) is 0 Å². The van der Waals surface area contributed by atoms with Crippen molar-refractivity contribution in [2.24, 2.45) is 5.92 Å². The summed E-state index contributed by atoms with van der Waals surface area (Å²) in [5, 5.41) is 0. The van der Waals surface area contributed by atoms with Gasteiger partial charge in [0.1, 0.15) is 5.60 Å². The average Bonchev–Trinajstić information content (AvgIpc) is 3.27. The number of ether oxygens (including phenoxy) is 1. The first kappa shape index (κ1) is 17.1. The van der Waals surface area contributed by atoms with E-state index in [1.54, 1.807) is 4.90 Å². The summed E-state index contributed by atoms with van der Waals surface area (Å²) in [5.41, 5.74) is -0.440. The third-order valence-corrected chi connectivity index (χ3v) is 4.33. The van der Waals surface area contributed by atoms with Gasteiger partial charge in [-0.15, -0.1) is 0 Å². The Morgan fingerprint density at radius 1 is 1.14 bits per heavy atom. The van der Waals surface area contributed by atoms with E-state index in [1.807, 2.05) is 27.7 Å². The molecule has 0 bridgehead atoms. The topological polar surface area (TPSA) is 49.9 Å². The van der Waals surface area contributed by atoms with E-state index in [4.69, 9.17) is 4.74 Å². The Morgan fingerprint density at radius 3 is 2.18 bits per heavy atom. The van der Waals surface area contributed by atoms with Gasteiger partial charge in [-0.05, 0) is 52.4 Å². The second-order valence-electron chi connectivity index (χ2n) is 7.54. The fraction of sp³-hybridized carbons (Fsp3) is 0.882.